The normalized spacial score (nSPS) is 22.6. The topological polar surface area (TPSA) is 94.1 Å². The summed E-state index contributed by atoms with van der Waals surface area (Å²) in [6, 6.07) is 2.51. The second-order valence-electron chi connectivity index (χ2n) is 6.19. The van der Waals surface area contributed by atoms with Crippen LogP contribution in [0.15, 0.2) is 21.3 Å². The predicted octanol–water partition coefficient (Wildman–Crippen LogP) is 1.55. The summed E-state index contributed by atoms with van der Waals surface area (Å²) >= 11 is 0. The lowest BCUT2D eigenvalue weighted by Gasteiger charge is -2.34. The van der Waals surface area contributed by atoms with Crippen molar-refractivity contribution < 1.29 is 19.7 Å². The Hall–Kier alpha value is -2.05. The number of aliphatic hydroxyl groups excluding tert-OH is 1. The van der Waals surface area contributed by atoms with E-state index in [0.717, 1.165) is 12.6 Å². The van der Waals surface area contributed by atoms with Gasteiger partial charge in [0.25, 0.3) is 0 Å². The fourth-order valence-corrected chi connectivity index (χ4v) is 3.33. The van der Waals surface area contributed by atoms with E-state index in [4.69, 9.17) is 4.42 Å². The summed E-state index contributed by atoms with van der Waals surface area (Å²) in [6.45, 7) is 3.10. The molecule has 23 heavy (non-hydrogen) atoms. The van der Waals surface area contributed by atoms with Gasteiger partial charge in [-0.2, -0.15) is 0 Å². The number of likely N-dealkylation sites (N-methyl/N-ethyl adjacent to an activating group) is 1. The van der Waals surface area contributed by atoms with Crippen LogP contribution < -0.4 is 5.43 Å². The van der Waals surface area contributed by atoms with Crippen LogP contribution in [-0.2, 0) is 6.42 Å². The Morgan fingerprint density at radius 3 is 2.70 bits per heavy atom. The Morgan fingerprint density at radius 1 is 1.30 bits per heavy atom. The number of nitrogens with zero attached hydrogens (tertiary/aromatic N) is 1. The summed E-state index contributed by atoms with van der Waals surface area (Å²) in [5.74, 6) is -0.319. The number of aryl methyl sites for hydroxylation is 1. The Morgan fingerprint density at radius 2 is 2.04 bits per heavy atom. The molecule has 0 bridgehead atoms. The molecule has 2 heterocycles. The van der Waals surface area contributed by atoms with Gasteiger partial charge in [-0.05, 0) is 20.0 Å². The molecule has 3 rings (SSSR count). The van der Waals surface area contributed by atoms with Gasteiger partial charge in [-0.15, -0.1) is 0 Å². The first-order chi connectivity index (χ1) is 10.9. The number of hydrogen-bond donors (Lipinski definition) is 3. The molecule has 0 spiro atoms. The van der Waals surface area contributed by atoms with Gasteiger partial charge in [0.2, 0.25) is 0 Å². The van der Waals surface area contributed by atoms with Crippen molar-refractivity contribution in [3.8, 4) is 11.5 Å². The number of benzene rings is 1. The molecule has 1 aliphatic rings. The molecule has 124 valence electrons. The SMILES string of the molecule is CCc1cc(=O)c2c(O)cc(O)c(C3CCN(C)CC3O)c2o1. The number of aromatic hydroxyl groups is 2. The van der Waals surface area contributed by atoms with Crippen LogP contribution in [0.1, 0.15) is 30.6 Å². The van der Waals surface area contributed by atoms with Gasteiger partial charge in [0.05, 0.1) is 6.10 Å². The number of aliphatic hydroxyl groups is 1. The largest absolute Gasteiger partial charge is 0.507 e. The molecule has 1 aliphatic heterocycles. The van der Waals surface area contributed by atoms with E-state index >= 15 is 0 Å². The number of hydrogen-bond acceptors (Lipinski definition) is 6. The van der Waals surface area contributed by atoms with Gasteiger partial charge in [0.1, 0.15) is 28.2 Å². The number of rotatable bonds is 2. The summed E-state index contributed by atoms with van der Waals surface area (Å²) < 4.78 is 5.77. The van der Waals surface area contributed by atoms with E-state index in [0.29, 0.717) is 30.7 Å². The summed E-state index contributed by atoms with van der Waals surface area (Å²) in [4.78, 5) is 14.3. The molecule has 1 saturated heterocycles. The van der Waals surface area contributed by atoms with Crippen LogP contribution in [0.3, 0.4) is 0 Å². The molecule has 3 N–H and O–H groups in total. The van der Waals surface area contributed by atoms with Gasteiger partial charge in [-0.3, -0.25) is 4.79 Å². The highest BCUT2D eigenvalue weighted by Gasteiger charge is 2.32. The van der Waals surface area contributed by atoms with Gasteiger partial charge >= 0.3 is 0 Å². The maximum atomic E-state index is 12.3. The first-order valence-corrected chi connectivity index (χ1v) is 7.80. The van der Waals surface area contributed by atoms with Gasteiger partial charge < -0.3 is 24.6 Å². The molecule has 6 heteroatoms. The average Bonchev–Trinajstić information content (AvgIpc) is 2.48. The van der Waals surface area contributed by atoms with Crippen LogP contribution in [0, 0.1) is 0 Å². The van der Waals surface area contributed by atoms with E-state index in [2.05, 4.69) is 0 Å². The smallest absolute Gasteiger partial charge is 0.196 e. The average molecular weight is 319 g/mol. The number of phenols is 2. The number of likely N-dealkylation sites (tertiary alicyclic amines) is 1. The zero-order chi connectivity index (χ0) is 16.7. The van der Waals surface area contributed by atoms with Gasteiger partial charge in [0.15, 0.2) is 5.43 Å². The van der Waals surface area contributed by atoms with Crippen molar-refractivity contribution in [1.82, 2.24) is 4.90 Å². The number of fused-ring (bicyclic) bond motifs is 1. The monoisotopic (exact) mass is 319 g/mol. The summed E-state index contributed by atoms with van der Waals surface area (Å²) in [6.07, 6.45) is 0.477. The standard InChI is InChI=1S/C17H21NO5/c1-3-9-6-11(19)16-13(21)7-12(20)15(17(16)23-9)10-4-5-18(2)8-14(10)22/h6-7,10,14,20-22H,3-5,8H2,1-2H3. The van der Waals surface area contributed by atoms with Crippen molar-refractivity contribution in [2.24, 2.45) is 0 Å². The minimum atomic E-state index is -0.678. The van der Waals surface area contributed by atoms with Crippen molar-refractivity contribution in [1.29, 1.82) is 0 Å². The summed E-state index contributed by atoms with van der Waals surface area (Å²) in [7, 11) is 1.92. The lowest BCUT2D eigenvalue weighted by Crippen LogP contribution is -2.40. The Kier molecular flexibility index (Phi) is 4.04. The molecule has 0 amide bonds. The summed E-state index contributed by atoms with van der Waals surface area (Å²) in [5, 5.41) is 30.8. The van der Waals surface area contributed by atoms with E-state index in [1.165, 1.54) is 6.07 Å². The molecule has 0 saturated carbocycles. The predicted molar refractivity (Wildman–Crippen MR) is 86.1 cm³/mol. The minimum Gasteiger partial charge on any atom is -0.507 e. The molecule has 2 aromatic rings. The molecule has 6 nitrogen and oxygen atoms in total. The summed E-state index contributed by atoms with van der Waals surface area (Å²) in [5.41, 5.74) is 0.246. The first-order valence-electron chi connectivity index (χ1n) is 7.80. The third-order valence-corrected chi connectivity index (χ3v) is 4.55. The van der Waals surface area contributed by atoms with Crippen LogP contribution in [0.4, 0.5) is 0 Å². The fourth-order valence-electron chi connectivity index (χ4n) is 3.33. The van der Waals surface area contributed by atoms with Crippen molar-refractivity contribution in [3.05, 3.63) is 33.7 Å². The maximum absolute atomic E-state index is 12.3. The zero-order valence-corrected chi connectivity index (χ0v) is 13.2. The van der Waals surface area contributed by atoms with Crippen molar-refractivity contribution in [2.75, 3.05) is 20.1 Å². The van der Waals surface area contributed by atoms with E-state index < -0.39 is 6.10 Å². The van der Waals surface area contributed by atoms with Gasteiger partial charge in [-0.1, -0.05) is 6.92 Å². The quantitative estimate of drug-likeness (QED) is 0.777. The number of β-amino-alcohol motifs (C(OH)–C–C–N with tert-alkyl or cyclic N) is 1. The zero-order valence-electron chi connectivity index (χ0n) is 13.2. The Bertz CT molecular complexity index is 798. The fraction of sp³-hybridized carbons (Fsp3) is 0.471. The highest BCUT2D eigenvalue weighted by molar-refractivity contribution is 5.88. The first kappa shape index (κ1) is 15.8. The Balaban J connectivity index is 2.27. The second-order valence-corrected chi connectivity index (χ2v) is 6.19. The van der Waals surface area contributed by atoms with Crippen molar-refractivity contribution in [2.45, 2.75) is 31.8 Å². The lowest BCUT2D eigenvalue weighted by atomic mass is 9.85. The molecule has 1 aromatic heterocycles. The maximum Gasteiger partial charge on any atom is 0.196 e. The third-order valence-electron chi connectivity index (χ3n) is 4.55. The molecule has 0 radical (unpaired) electrons. The van der Waals surface area contributed by atoms with Crippen LogP contribution >= 0.6 is 0 Å². The molecule has 1 aromatic carbocycles. The Labute approximate surface area is 133 Å². The van der Waals surface area contributed by atoms with Gasteiger partial charge in [0, 0.05) is 36.6 Å². The van der Waals surface area contributed by atoms with Crippen LogP contribution in [0.25, 0.3) is 11.0 Å². The lowest BCUT2D eigenvalue weighted by molar-refractivity contribution is 0.0630. The van der Waals surface area contributed by atoms with E-state index in [9.17, 15) is 20.1 Å². The second kappa shape index (κ2) is 5.86. The molecule has 2 unspecified atom stereocenters. The molecule has 2 atom stereocenters. The highest BCUT2D eigenvalue weighted by Crippen LogP contribution is 2.41. The van der Waals surface area contributed by atoms with Crippen LogP contribution in [-0.4, -0.2) is 46.5 Å². The van der Waals surface area contributed by atoms with Crippen molar-refractivity contribution >= 4 is 11.0 Å². The molecule has 0 aliphatic carbocycles. The third kappa shape index (κ3) is 2.68. The molecular weight excluding hydrogens is 298 g/mol. The number of piperidine rings is 1. The van der Waals surface area contributed by atoms with E-state index in [-0.39, 0.29) is 33.8 Å². The van der Waals surface area contributed by atoms with Crippen LogP contribution in [0.2, 0.25) is 0 Å². The number of phenolic OH excluding ortho intramolecular Hbond substituents is 2. The molecular formula is C17H21NO5. The van der Waals surface area contributed by atoms with Crippen molar-refractivity contribution in [3.63, 3.8) is 0 Å². The molecule has 1 fully saturated rings. The van der Waals surface area contributed by atoms with Gasteiger partial charge in [-0.25, -0.2) is 0 Å². The van der Waals surface area contributed by atoms with E-state index in [1.54, 1.807) is 0 Å². The highest BCUT2D eigenvalue weighted by atomic mass is 16.3. The van der Waals surface area contributed by atoms with Crippen LogP contribution in [0.5, 0.6) is 11.5 Å². The minimum absolute atomic E-state index is 0.0566. The van der Waals surface area contributed by atoms with E-state index in [1.807, 2.05) is 18.9 Å².